The van der Waals surface area contributed by atoms with Crippen LogP contribution < -0.4 is 15.0 Å². The van der Waals surface area contributed by atoms with Gasteiger partial charge in [0.25, 0.3) is 0 Å². The number of piperazine rings is 1. The number of methoxy groups -OCH3 is 1. The first kappa shape index (κ1) is 19.8. The van der Waals surface area contributed by atoms with Crippen LogP contribution in [0.15, 0.2) is 24.3 Å². The summed E-state index contributed by atoms with van der Waals surface area (Å²) in [6, 6.07) is 7.12. The maximum atomic E-state index is 13.0. The van der Waals surface area contributed by atoms with E-state index in [0.717, 1.165) is 24.2 Å². The minimum absolute atomic E-state index is 0.0294. The van der Waals surface area contributed by atoms with Crippen molar-refractivity contribution in [2.24, 2.45) is 0 Å². The van der Waals surface area contributed by atoms with Gasteiger partial charge in [0.15, 0.2) is 5.13 Å². The van der Waals surface area contributed by atoms with Gasteiger partial charge in [0.05, 0.1) is 31.1 Å². The van der Waals surface area contributed by atoms with Crippen LogP contribution in [0, 0.1) is 0 Å². The van der Waals surface area contributed by atoms with Crippen LogP contribution >= 0.6 is 11.3 Å². The van der Waals surface area contributed by atoms with Crippen LogP contribution in [0.4, 0.5) is 10.8 Å². The third-order valence-corrected chi connectivity index (χ3v) is 6.67. The fourth-order valence-electron chi connectivity index (χ4n) is 3.97. The number of nitrogens with zero attached hydrogens (tertiary/aromatic N) is 3. The number of carbonyl (C=O) groups is 2. The average molecular weight is 415 g/mol. The Morgan fingerprint density at radius 3 is 2.86 bits per heavy atom. The zero-order chi connectivity index (χ0) is 20.4. The third-order valence-electron chi connectivity index (χ3n) is 5.60. The molecule has 1 aliphatic heterocycles. The van der Waals surface area contributed by atoms with Gasteiger partial charge < -0.3 is 15.0 Å². The van der Waals surface area contributed by atoms with Crippen LogP contribution in [0.5, 0.6) is 5.75 Å². The van der Waals surface area contributed by atoms with E-state index in [9.17, 15) is 9.59 Å². The smallest absolute Gasteiger partial charge is 0.244 e. The van der Waals surface area contributed by atoms with Crippen molar-refractivity contribution in [2.45, 2.75) is 38.6 Å². The molecule has 0 unspecified atom stereocenters. The first-order valence-electron chi connectivity index (χ1n) is 10.0. The van der Waals surface area contributed by atoms with Gasteiger partial charge in [-0.1, -0.05) is 12.1 Å². The van der Waals surface area contributed by atoms with E-state index in [-0.39, 0.29) is 24.4 Å². The Hall–Kier alpha value is -2.45. The molecule has 7 nitrogen and oxygen atoms in total. The Bertz CT molecular complexity index is 890. The lowest BCUT2D eigenvalue weighted by molar-refractivity contribution is -0.127. The molecule has 1 aromatic carbocycles. The van der Waals surface area contributed by atoms with Crippen molar-refractivity contribution in [3.05, 3.63) is 34.8 Å². The van der Waals surface area contributed by atoms with Crippen molar-refractivity contribution in [3.8, 4) is 5.75 Å². The number of carbonyl (C=O) groups excluding carboxylic acids is 2. The summed E-state index contributed by atoms with van der Waals surface area (Å²) in [5, 5.41) is 3.60. The van der Waals surface area contributed by atoms with E-state index in [1.165, 1.54) is 17.7 Å². The second-order valence-corrected chi connectivity index (χ2v) is 8.54. The molecule has 2 aromatic rings. The summed E-state index contributed by atoms with van der Waals surface area (Å²) in [7, 11) is 1.60. The van der Waals surface area contributed by atoms with Gasteiger partial charge in [-0.05, 0) is 44.7 Å². The normalized spacial score (nSPS) is 19.7. The predicted octanol–water partition coefficient (Wildman–Crippen LogP) is 2.71. The molecule has 0 radical (unpaired) electrons. The number of rotatable bonds is 5. The standard InChI is InChI=1S/C21H26N4O3S/c1-14-20(27)25(16-8-4-5-9-17(16)28-2)12-11-24(14)13-19(26)23-21-22-15-7-3-6-10-18(15)29-21/h4-5,8-9,14H,3,6-7,10-13H2,1-2H3,(H,22,23,26)/t14-/m1/s1. The number of aryl methyl sites for hydroxylation is 2. The molecule has 29 heavy (non-hydrogen) atoms. The summed E-state index contributed by atoms with van der Waals surface area (Å²) in [6.45, 7) is 3.16. The summed E-state index contributed by atoms with van der Waals surface area (Å²) in [4.78, 5) is 35.0. The first-order chi connectivity index (χ1) is 14.1. The highest BCUT2D eigenvalue weighted by Gasteiger charge is 2.34. The van der Waals surface area contributed by atoms with Crippen LogP contribution in [0.25, 0.3) is 0 Å². The van der Waals surface area contributed by atoms with Crippen molar-refractivity contribution in [3.63, 3.8) is 0 Å². The molecule has 1 N–H and O–H groups in total. The Balaban J connectivity index is 1.38. The lowest BCUT2D eigenvalue weighted by atomic mass is 10.0. The lowest BCUT2D eigenvalue weighted by Gasteiger charge is -2.39. The minimum Gasteiger partial charge on any atom is -0.495 e. The highest BCUT2D eigenvalue weighted by atomic mass is 32.1. The number of anilines is 2. The number of fused-ring (bicyclic) bond motifs is 1. The van der Waals surface area contributed by atoms with Gasteiger partial charge in [0, 0.05) is 18.0 Å². The van der Waals surface area contributed by atoms with Crippen molar-refractivity contribution < 1.29 is 14.3 Å². The first-order valence-corrected chi connectivity index (χ1v) is 10.9. The van der Waals surface area contributed by atoms with Crippen molar-refractivity contribution >= 4 is 34.0 Å². The molecule has 1 aliphatic carbocycles. The molecule has 4 rings (SSSR count). The third kappa shape index (κ3) is 4.13. The topological polar surface area (TPSA) is 74.8 Å². The Labute approximate surface area is 174 Å². The van der Waals surface area contributed by atoms with E-state index in [1.54, 1.807) is 23.3 Å². The molecule has 1 atom stereocenters. The van der Waals surface area contributed by atoms with Crippen LogP contribution in [-0.2, 0) is 22.4 Å². The quantitative estimate of drug-likeness (QED) is 0.814. The molecule has 1 fully saturated rings. The highest BCUT2D eigenvalue weighted by Crippen LogP contribution is 2.31. The Kier molecular flexibility index (Phi) is 5.82. The molecule has 0 saturated carbocycles. The summed E-state index contributed by atoms with van der Waals surface area (Å²) in [5.41, 5.74) is 1.90. The molecule has 154 valence electrons. The van der Waals surface area contributed by atoms with Gasteiger partial charge in [-0.15, -0.1) is 11.3 Å². The predicted molar refractivity (Wildman–Crippen MR) is 114 cm³/mol. The molecule has 0 spiro atoms. The summed E-state index contributed by atoms with van der Waals surface area (Å²) < 4.78 is 5.40. The summed E-state index contributed by atoms with van der Waals surface area (Å²) >= 11 is 1.58. The molecule has 2 heterocycles. The van der Waals surface area contributed by atoms with E-state index in [2.05, 4.69) is 10.3 Å². The number of amides is 2. The monoisotopic (exact) mass is 414 g/mol. The van der Waals surface area contributed by atoms with Crippen molar-refractivity contribution in [1.82, 2.24) is 9.88 Å². The van der Waals surface area contributed by atoms with E-state index in [1.807, 2.05) is 36.1 Å². The largest absolute Gasteiger partial charge is 0.495 e. The summed E-state index contributed by atoms with van der Waals surface area (Å²) in [5.74, 6) is 0.520. The second kappa shape index (κ2) is 8.51. The number of para-hydroxylation sites is 2. The number of aromatic nitrogens is 1. The number of ether oxygens (including phenoxy) is 1. The molecule has 2 amide bonds. The number of hydrogen-bond acceptors (Lipinski definition) is 6. The molecule has 2 aliphatic rings. The fraction of sp³-hybridized carbons (Fsp3) is 0.476. The van der Waals surface area contributed by atoms with Crippen LogP contribution in [0.1, 0.15) is 30.3 Å². The summed E-state index contributed by atoms with van der Waals surface area (Å²) in [6.07, 6.45) is 4.41. The van der Waals surface area contributed by atoms with E-state index >= 15 is 0 Å². The maximum Gasteiger partial charge on any atom is 0.244 e. The molecular weight excluding hydrogens is 388 g/mol. The van der Waals surface area contributed by atoms with Crippen molar-refractivity contribution in [2.75, 3.05) is 37.0 Å². The Morgan fingerprint density at radius 2 is 2.07 bits per heavy atom. The van der Waals surface area contributed by atoms with Gasteiger partial charge in [-0.25, -0.2) is 4.98 Å². The van der Waals surface area contributed by atoms with Crippen LogP contribution in [-0.4, -0.2) is 54.5 Å². The van der Waals surface area contributed by atoms with Gasteiger partial charge in [-0.2, -0.15) is 0 Å². The van der Waals surface area contributed by atoms with E-state index in [0.29, 0.717) is 24.0 Å². The molecule has 8 heteroatoms. The van der Waals surface area contributed by atoms with E-state index < -0.39 is 0 Å². The maximum absolute atomic E-state index is 13.0. The van der Waals surface area contributed by atoms with Gasteiger partial charge in [0.2, 0.25) is 11.8 Å². The van der Waals surface area contributed by atoms with Crippen molar-refractivity contribution in [1.29, 1.82) is 0 Å². The second-order valence-electron chi connectivity index (χ2n) is 7.45. The fourth-order valence-corrected chi connectivity index (χ4v) is 5.04. The Morgan fingerprint density at radius 1 is 1.28 bits per heavy atom. The average Bonchev–Trinajstić information content (AvgIpc) is 3.13. The van der Waals surface area contributed by atoms with Crippen LogP contribution in [0.3, 0.4) is 0 Å². The highest BCUT2D eigenvalue weighted by molar-refractivity contribution is 7.15. The zero-order valence-electron chi connectivity index (χ0n) is 16.8. The number of nitrogens with one attached hydrogen (secondary N) is 1. The molecule has 1 saturated heterocycles. The van der Waals surface area contributed by atoms with Gasteiger partial charge in [-0.3, -0.25) is 14.5 Å². The SMILES string of the molecule is COc1ccccc1N1CCN(CC(=O)Nc2nc3c(s2)CCCC3)[C@H](C)C1=O. The molecular formula is C21H26N4O3S. The number of hydrogen-bond donors (Lipinski definition) is 1. The number of benzene rings is 1. The number of thiazole rings is 1. The van der Waals surface area contributed by atoms with Crippen LogP contribution in [0.2, 0.25) is 0 Å². The minimum atomic E-state index is -0.385. The molecule has 0 bridgehead atoms. The van der Waals surface area contributed by atoms with E-state index in [4.69, 9.17) is 4.74 Å². The zero-order valence-corrected chi connectivity index (χ0v) is 17.6. The van der Waals surface area contributed by atoms with Gasteiger partial charge in [0.1, 0.15) is 5.75 Å². The van der Waals surface area contributed by atoms with Gasteiger partial charge >= 0.3 is 0 Å². The molecule has 1 aromatic heterocycles. The lowest BCUT2D eigenvalue weighted by Crippen LogP contribution is -2.57.